The summed E-state index contributed by atoms with van der Waals surface area (Å²) in [5, 5.41) is 12.5. The average molecular weight is 254 g/mol. The molecule has 4 nitrogen and oxygen atoms in total. The first-order valence-electron chi connectivity index (χ1n) is 5.98. The smallest absolute Gasteiger partial charge is 0.324 e. The van der Waals surface area contributed by atoms with E-state index >= 15 is 0 Å². The summed E-state index contributed by atoms with van der Waals surface area (Å²) >= 11 is 1.62. The Morgan fingerprint density at radius 1 is 1.71 bits per heavy atom. The fourth-order valence-electron chi connectivity index (χ4n) is 2.64. The Kier molecular flexibility index (Phi) is 3.49. The number of aliphatic carboxylic acids is 1. The van der Waals surface area contributed by atoms with E-state index in [0.717, 1.165) is 30.1 Å². The predicted molar refractivity (Wildman–Crippen MR) is 67.2 cm³/mol. The van der Waals surface area contributed by atoms with E-state index < -0.39 is 11.5 Å². The van der Waals surface area contributed by atoms with Gasteiger partial charge in [0.15, 0.2) is 0 Å². The lowest BCUT2D eigenvalue weighted by atomic mass is 9.93. The SMILES string of the molecule is CCC1(C(=O)O)CCCN1Cc1csc(C)n1. The van der Waals surface area contributed by atoms with E-state index in [4.69, 9.17) is 0 Å². The minimum atomic E-state index is -0.690. The van der Waals surface area contributed by atoms with Crippen LogP contribution in [-0.2, 0) is 11.3 Å². The molecule has 1 saturated heterocycles. The Balaban J connectivity index is 2.17. The Labute approximate surface area is 105 Å². The largest absolute Gasteiger partial charge is 0.480 e. The maximum Gasteiger partial charge on any atom is 0.324 e. The van der Waals surface area contributed by atoms with Gasteiger partial charge in [-0.2, -0.15) is 0 Å². The van der Waals surface area contributed by atoms with Crippen molar-refractivity contribution in [2.75, 3.05) is 6.54 Å². The zero-order valence-corrected chi connectivity index (χ0v) is 11.1. The zero-order chi connectivity index (χ0) is 12.5. The number of rotatable bonds is 4. The Morgan fingerprint density at radius 2 is 2.47 bits per heavy atom. The van der Waals surface area contributed by atoms with Crippen molar-refractivity contribution >= 4 is 17.3 Å². The maximum absolute atomic E-state index is 11.5. The highest BCUT2D eigenvalue weighted by Crippen LogP contribution is 2.34. The van der Waals surface area contributed by atoms with Crippen molar-refractivity contribution in [3.05, 3.63) is 16.1 Å². The first-order valence-corrected chi connectivity index (χ1v) is 6.86. The summed E-state index contributed by atoms with van der Waals surface area (Å²) < 4.78 is 0. The molecule has 1 fully saturated rings. The van der Waals surface area contributed by atoms with Gasteiger partial charge in [-0.1, -0.05) is 6.92 Å². The summed E-state index contributed by atoms with van der Waals surface area (Å²) in [6.45, 7) is 5.45. The minimum Gasteiger partial charge on any atom is -0.480 e. The molecule has 1 aromatic rings. The molecule has 17 heavy (non-hydrogen) atoms. The van der Waals surface area contributed by atoms with Crippen LogP contribution >= 0.6 is 11.3 Å². The number of likely N-dealkylation sites (tertiary alicyclic amines) is 1. The first-order chi connectivity index (χ1) is 8.08. The topological polar surface area (TPSA) is 53.4 Å². The highest BCUT2D eigenvalue weighted by molar-refractivity contribution is 7.09. The monoisotopic (exact) mass is 254 g/mol. The van der Waals surface area contributed by atoms with Crippen LogP contribution in [0.5, 0.6) is 0 Å². The number of carbonyl (C=O) groups is 1. The van der Waals surface area contributed by atoms with Gasteiger partial charge >= 0.3 is 5.97 Å². The number of carboxylic acids is 1. The van der Waals surface area contributed by atoms with Gasteiger partial charge in [0.2, 0.25) is 0 Å². The molecule has 1 atom stereocenters. The number of hydrogen-bond donors (Lipinski definition) is 1. The van der Waals surface area contributed by atoms with Crippen molar-refractivity contribution in [1.29, 1.82) is 0 Å². The van der Waals surface area contributed by atoms with E-state index in [9.17, 15) is 9.90 Å². The number of thiazole rings is 1. The van der Waals surface area contributed by atoms with Crippen molar-refractivity contribution in [2.24, 2.45) is 0 Å². The van der Waals surface area contributed by atoms with E-state index in [1.165, 1.54) is 0 Å². The standard InChI is InChI=1S/C12H18N2O2S/c1-3-12(11(15)16)5-4-6-14(12)7-10-8-17-9(2)13-10/h8H,3-7H2,1-2H3,(H,15,16). The van der Waals surface area contributed by atoms with E-state index in [0.29, 0.717) is 13.0 Å². The first kappa shape index (κ1) is 12.5. The van der Waals surface area contributed by atoms with E-state index in [-0.39, 0.29) is 0 Å². The summed E-state index contributed by atoms with van der Waals surface area (Å²) in [4.78, 5) is 18.0. The molecule has 0 saturated carbocycles. The molecule has 0 bridgehead atoms. The molecule has 1 aliphatic heterocycles. The fourth-order valence-corrected chi connectivity index (χ4v) is 3.24. The number of aryl methyl sites for hydroxylation is 1. The minimum absolute atomic E-state index is 0.657. The summed E-state index contributed by atoms with van der Waals surface area (Å²) in [5.41, 5.74) is 0.325. The summed E-state index contributed by atoms with van der Waals surface area (Å²) in [6, 6.07) is 0. The molecule has 1 N–H and O–H groups in total. The third-order valence-corrected chi connectivity index (χ3v) is 4.45. The molecule has 5 heteroatoms. The van der Waals surface area contributed by atoms with Crippen LogP contribution in [0.4, 0.5) is 0 Å². The second-order valence-electron chi connectivity index (χ2n) is 4.57. The van der Waals surface area contributed by atoms with Gasteiger partial charge in [0.1, 0.15) is 5.54 Å². The Hall–Kier alpha value is -0.940. The molecular weight excluding hydrogens is 236 g/mol. The van der Waals surface area contributed by atoms with Gasteiger partial charge in [-0.25, -0.2) is 4.98 Å². The third-order valence-electron chi connectivity index (χ3n) is 3.63. The molecule has 2 rings (SSSR count). The van der Waals surface area contributed by atoms with E-state index in [2.05, 4.69) is 9.88 Å². The Morgan fingerprint density at radius 3 is 3.00 bits per heavy atom. The van der Waals surface area contributed by atoms with E-state index in [1.54, 1.807) is 11.3 Å². The van der Waals surface area contributed by atoms with Gasteiger partial charge in [0.05, 0.1) is 10.7 Å². The molecule has 94 valence electrons. The number of aromatic nitrogens is 1. The van der Waals surface area contributed by atoms with Crippen LogP contribution in [0.15, 0.2) is 5.38 Å². The highest BCUT2D eigenvalue weighted by atomic mass is 32.1. The second-order valence-corrected chi connectivity index (χ2v) is 5.64. The molecule has 0 aliphatic carbocycles. The molecule has 1 unspecified atom stereocenters. The molecule has 0 spiro atoms. The molecule has 0 aromatic carbocycles. The molecule has 1 aromatic heterocycles. The van der Waals surface area contributed by atoms with Gasteiger partial charge in [-0.15, -0.1) is 11.3 Å². The van der Waals surface area contributed by atoms with E-state index in [1.807, 2.05) is 19.2 Å². The zero-order valence-electron chi connectivity index (χ0n) is 10.3. The van der Waals surface area contributed by atoms with Crippen molar-refractivity contribution in [1.82, 2.24) is 9.88 Å². The van der Waals surface area contributed by atoms with Gasteiger partial charge in [-0.05, 0) is 32.7 Å². The number of hydrogen-bond acceptors (Lipinski definition) is 4. The quantitative estimate of drug-likeness (QED) is 0.895. The van der Waals surface area contributed by atoms with Crippen LogP contribution in [0.3, 0.4) is 0 Å². The average Bonchev–Trinajstić information content (AvgIpc) is 2.86. The molecule has 2 heterocycles. The molecule has 0 amide bonds. The summed E-state index contributed by atoms with van der Waals surface area (Å²) in [5.74, 6) is -0.690. The lowest BCUT2D eigenvalue weighted by Gasteiger charge is -2.33. The van der Waals surface area contributed by atoms with Crippen molar-refractivity contribution in [3.8, 4) is 0 Å². The molecular formula is C12H18N2O2S. The van der Waals surface area contributed by atoms with Crippen LogP contribution in [-0.4, -0.2) is 33.0 Å². The highest BCUT2D eigenvalue weighted by Gasteiger charge is 2.46. The molecule has 1 aliphatic rings. The lowest BCUT2D eigenvalue weighted by molar-refractivity contribution is -0.150. The van der Waals surface area contributed by atoms with Gasteiger partial charge in [0, 0.05) is 11.9 Å². The second kappa shape index (κ2) is 4.74. The summed E-state index contributed by atoms with van der Waals surface area (Å²) in [7, 11) is 0. The van der Waals surface area contributed by atoms with Crippen molar-refractivity contribution in [3.63, 3.8) is 0 Å². The van der Waals surface area contributed by atoms with Crippen molar-refractivity contribution in [2.45, 2.75) is 45.2 Å². The van der Waals surface area contributed by atoms with Crippen LogP contribution in [0.2, 0.25) is 0 Å². The molecule has 0 radical (unpaired) electrons. The Bertz CT molecular complexity index is 418. The van der Waals surface area contributed by atoms with Crippen LogP contribution in [0.1, 0.15) is 36.9 Å². The lowest BCUT2D eigenvalue weighted by Crippen LogP contribution is -2.49. The number of nitrogens with zero attached hydrogens (tertiary/aromatic N) is 2. The fraction of sp³-hybridized carbons (Fsp3) is 0.667. The van der Waals surface area contributed by atoms with Crippen molar-refractivity contribution < 1.29 is 9.90 Å². The number of carboxylic acid groups (broad SMARTS) is 1. The van der Waals surface area contributed by atoms with Crippen LogP contribution < -0.4 is 0 Å². The van der Waals surface area contributed by atoms with Gasteiger partial charge in [-0.3, -0.25) is 9.69 Å². The van der Waals surface area contributed by atoms with Crippen LogP contribution in [0.25, 0.3) is 0 Å². The summed E-state index contributed by atoms with van der Waals surface area (Å²) in [6.07, 6.45) is 2.37. The van der Waals surface area contributed by atoms with Crippen LogP contribution in [0, 0.1) is 6.92 Å². The normalized spacial score (nSPS) is 25.3. The maximum atomic E-state index is 11.5. The van der Waals surface area contributed by atoms with Gasteiger partial charge < -0.3 is 5.11 Å². The third kappa shape index (κ3) is 2.21. The van der Waals surface area contributed by atoms with Gasteiger partial charge in [0.25, 0.3) is 0 Å². The predicted octanol–water partition coefficient (Wildman–Crippen LogP) is 2.28.